The van der Waals surface area contributed by atoms with Gasteiger partial charge in [0.25, 0.3) is 0 Å². The summed E-state index contributed by atoms with van der Waals surface area (Å²) in [5, 5.41) is 24.0. The molecule has 0 aliphatic rings. The van der Waals surface area contributed by atoms with Gasteiger partial charge >= 0.3 is 5.97 Å². The molecule has 0 aliphatic carbocycles. The van der Waals surface area contributed by atoms with Gasteiger partial charge in [0.15, 0.2) is 0 Å². The van der Waals surface area contributed by atoms with E-state index in [0.717, 1.165) is 59.4 Å². The number of nitrogens with zero attached hydrogens (tertiary/aromatic N) is 1. The van der Waals surface area contributed by atoms with Crippen LogP contribution in [0.1, 0.15) is 61.8 Å². The van der Waals surface area contributed by atoms with E-state index in [1.807, 2.05) is 37.3 Å². The summed E-state index contributed by atoms with van der Waals surface area (Å²) in [6.07, 6.45) is 5.39. The largest absolute Gasteiger partial charge is 0.507 e. The second-order valence-electron chi connectivity index (χ2n) is 7.57. The number of rotatable bonds is 12. The normalized spacial score (nSPS) is 11.6. The van der Waals surface area contributed by atoms with Gasteiger partial charge in [0.2, 0.25) is 0 Å². The average molecular weight is 478 g/mol. The molecule has 0 unspecified atom stereocenters. The summed E-state index contributed by atoms with van der Waals surface area (Å²) < 4.78 is 4.69. The lowest BCUT2D eigenvalue weighted by Crippen LogP contribution is -2.04. The molecular formula is C25H32ClNO4S. The summed E-state index contributed by atoms with van der Waals surface area (Å²) in [4.78, 5) is 12.4. The predicted octanol–water partition coefficient (Wildman–Crippen LogP) is 6.42. The lowest BCUT2D eigenvalue weighted by atomic mass is 9.93. The molecule has 0 aromatic heterocycles. The van der Waals surface area contributed by atoms with Crippen molar-refractivity contribution in [1.29, 1.82) is 0 Å². The topological polar surface area (TPSA) is 79.1 Å². The maximum atomic E-state index is 11.4. The molecule has 0 aliphatic heterocycles. The van der Waals surface area contributed by atoms with Crippen LogP contribution in [0, 0.1) is 0 Å². The highest BCUT2D eigenvalue weighted by Crippen LogP contribution is 2.31. The van der Waals surface area contributed by atoms with Crippen molar-refractivity contribution in [3.63, 3.8) is 0 Å². The van der Waals surface area contributed by atoms with E-state index < -0.39 is 0 Å². The Labute approximate surface area is 199 Å². The van der Waals surface area contributed by atoms with Gasteiger partial charge in [-0.05, 0) is 72.7 Å². The quantitative estimate of drug-likeness (QED) is 0.0920. The van der Waals surface area contributed by atoms with Gasteiger partial charge in [0, 0.05) is 10.5 Å². The summed E-state index contributed by atoms with van der Waals surface area (Å²) in [6, 6.07) is 9.59. The standard InChI is InChI=1S/C25H32ClNO4S/c1-4-8-19-18(11-12-20(25(19)29)22(5-2)27-30)9-6-7-14-32-23-13-10-17(15-21(23)26)16-24(28)31-3/h10-13,15,29-30H,4-9,14,16H2,1-3H3/b27-22+. The minimum atomic E-state index is -0.280. The third-order valence-electron chi connectivity index (χ3n) is 5.32. The Morgan fingerprint density at radius 3 is 2.56 bits per heavy atom. The van der Waals surface area contributed by atoms with Gasteiger partial charge in [0.1, 0.15) is 5.75 Å². The van der Waals surface area contributed by atoms with Crippen LogP contribution in [0.15, 0.2) is 40.4 Å². The first-order valence-corrected chi connectivity index (χ1v) is 12.3. The third kappa shape index (κ3) is 7.17. The number of oxime groups is 1. The van der Waals surface area contributed by atoms with Crippen LogP contribution in [0.4, 0.5) is 0 Å². The SMILES string of the molecule is CCCc1c(CCCCSc2ccc(CC(=O)OC)cc2Cl)ccc(/C(CC)=N/O)c1O. The number of benzene rings is 2. The van der Waals surface area contributed by atoms with E-state index in [-0.39, 0.29) is 18.1 Å². The molecule has 2 rings (SSSR count). The third-order valence-corrected chi connectivity index (χ3v) is 6.90. The van der Waals surface area contributed by atoms with Gasteiger partial charge < -0.3 is 15.1 Å². The first-order chi connectivity index (χ1) is 15.4. The average Bonchev–Trinajstić information content (AvgIpc) is 2.78. The first-order valence-electron chi connectivity index (χ1n) is 11.0. The van der Waals surface area contributed by atoms with E-state index in [1.54, 1.807) is 11.8 Å². The number of esters is 1. The zero-order valence-corrected chi connectivity index (χ0v) is 20.6. The predicted molar refractivity (Wildman–Crippen MR) is 132 cm³/mol. The Balaban J connectivity index is 1.94. The number of methoxy groups -OCH3 is 1. The van der Waals surface area contributed by atoms with Crippen LogP contribution in [0.5, 0.6) is 5.75 Å². The molecule has 174 valence electrons. The number of carbonyl (C=O) groups is 1. The van der Waals surface area contributed by atoms with Crippen molar-refractivity contribution in [3.05, 3.63) is 57.6 Å². The summed E-state index contributed by atoms with van der Waals surface area (Å²) >= 11 is 8.08. The highest BCUT2D eigenvalue weighted by molar-refractivity contribution is 7.99. The molecule has 0 heterocycles. The summed E-state index contributed by atoms with van der Waals surface area (Å²) in [7, 11) is 1.38. The van der Waals surface area contributed by atoms with E-state index >= 15 is 0 Å². The highest BCUT2D eigenvalue weighted by Gasteiger charge is 2.15. The molecule has 0 bridgehead atoms. The Hall–Kier alpha value is -2.18. The number of aromatic hydroxyl groups is 1. The molecular weight excluding hydrogens is 446 g/mol. The summed E-state index contributed by atoms with van der Waals surface area (Å²) in [5.41, 5.74) is 4.06. The highest BCUT2D eigenvalue weighted by atomic mass is 35.5. The summed E-state index contributed by atoms with van der Waals surface area (Å²) in [6.45, 7) is 3.99. The minimum Gasteiger partial charge on any atom is -0.507 e. The van der Waals surface area contributed by atoms with Crippen molar-refractivity contribution in [2.24, 2.45) is 5.16 Å². The van der Waals surface area contributed by atoms with E-state index in [1.165, 1.54) is 7.11 Å². The van der Waals surface area contributed by atoms with Crippen molar-refractivity contribution in [1.82, 2.24) is 0 Å². The number of halogens is 1. The number of carbonyl (C=O) groups excluding carboxylic acids is 1. The molecule has 5 nitrogen and oxygen atoms in total. The zero-order chi connectivity index (χ0) is 23.5. The second kappa shape index (κ2) is 13.4. The van der Waals surface area contributed by atoms with Gasteiger partial charge in [0.05, 0.1) is 24.3 Å². The number of phenolic OH excluding ortho intramolecular Hbond substituents is 1. The number of ether oxygens (including phenoxy) is 1. The number of aryl methyl sites for hydroxylation is 1. The van der Waals surface area contributed by atoms with Crippen LogP contribution < -0.4 is 0 Å². The fourth-order valence-electron chi connectivity index (χ4n) is 3.60. The molecule has 0 saturated heterocycles. The molecule has 2 aromatic rings. The van der Waals surface area contributed by atoms with Gasteiger partial charge in [-0.3, -0.25) is 4.79 Å². The molecule has 2 aromatic carbocycles. The lowest BCUT2D eigenvalue weighted by molar-refractivity contribution is -0.139. The Morgan fingerprint density at radius 1 is 1.16 bits per heavy atom. The van der Waals surface area contributed by atoms with Gasteiger partial charge in [-0.2, -0.15) is 0 Å². The van der Waals surface area contributed by atoms with Crippen molar-refractivity contribution in [3.8, 4) is 5.75 Å². The fraction of sp³-hybridized carbons (Fsp3) is 0.440. The van der Waals surface area contributed by atoms with E-state index in [2.05, 4.69) is 12.1 Å². The number of phenols is 1. The van der Waals surface area contributed by atoms with Gasteiger partial charge in [-0.25, -0.2) is 0 Å². The molecule has 0 radical (unpaired) electrons. The van der Waals surface area contributed by atoms with Crippen molar-refractivity contribution >= 4 is 35.0 Å². The van der Waals surface area contributed by atoms with Crippen LogP contribution in [-0.4, -0.2) is 34.9 Å². The molecule has 32 heavy (non-hydrogen) atoms. The molecule has 0 atom stereocenters. The van der Waals surface area contributed by atoms with Gasteiger partial charge in [-0.15, -0.1) is 11.8 Å². The minimum absolute atomic E-state index is 0.219. The van der Waals surface area contributed by atoms with Crippen LogP contribution >= 0.6 is 23.4 Å². The van der Waals surface area contributed by atoms with Crippen LogP contribution in [0.25, 0.3) is 0 Å². The van der Waals surface area contributed by atoms with Crippen molar-refractivity contribution < 1.29 is 19.8 Å². The van der Waals surface area contributed by atoms with Crippen LogP contribution in [0.3, 0.4) is 0 Å². The van der Waals surface area contributed by atoms with Crippen LogP contribution in [0.2, 0.25) is 5.02 Å². The molecule has 7 heteroatoms. The molecule has 0 amide bonds. The number of hydrogen-bond donors (Lipinski definition) is 2. The Morgan fingerprint density at radius 2 is 1.94 bits per heavy atom. The molecule has 0 saturated carbocycles. The zero-order valence-electron chi connectivity index (χ0n) is 19.0. The molecule has 2 N–H and O–H groups in total. The Kier molecular flexibility index (Phi) is 10.9. The Bertz CT molecular complexity index is 946. The first kappa shape index (κ1) is 26.1. The van der Waals surface area contributed by atoms with E-state index in [9.17, 15) is 15.1 Å². The monoisotopic (exact) mass is 477 g/mol. The maximum Gasteiger partial charge on any atom is 0.309 e. The number of thioether (sulfide) groups is 1. The summed E-state index contributed by atoms with van der Waals surface area (Å²) in [5.74, 6) is 0.894. The number of unbranched alkanes of at least 4 members (excludes halogenated alkanes) is 1. The van der Waals surface area contributed by atoms with Crippen molar-refractivity contribution in [2.75, 3.05) is 12.9 Å². The van der Waals surface area contributed by atoms with E-state index in [0.29, 0.717) is 22.7 Å². The smallest absolute Gasteiger partial charge is 0.309 e. The van der Waals surface area contributed by atoms with E-state index in [4.69, 9.17) is 16.3 Å². The maximum absolute atomic E-state index is 11.4. The van der Waals surface area contributed by atoms with Gasteiger partial charge in [-0.1, -0.05) is 49.2 Å². The number of hydrogen-bond acceptors (Lipinski definition) is 6. The molecule has 0 spiro atoms. The lowest BCUT2D eigenvalue weighted by Gasteiger charge is -2.15. The van der Waals surface area contributed by atoms with Crippen molar-refractivity contribution in [2.45, 2.75) is 63.7 Å². The molecule has 0 fully saturated rings. The fourth-order valence-corrected chi connectivity index (χ4v) is 4.90. The van der Waals surface area contributed by atoms with Crippen LogP contribution in [-0.2, 0) is 28.8 Å². The second-order valence-corrected chi connectivity index (χ2v) is 9.12.